The van der Waals surface area contributed by atoms with E-state index in [1.807, 2.05) is 0 Å². The van der Waals surface area contributed by atoms with Crippen LogP contribution in [0.4, 0.5) is 0 Å². The van der Waals surface area contributed by atoms with Crippen LogP contribution in [0.25, 0.3) is 0 Å². The third kappa shape index (κ3) is 3.57. The van der Waals surface area contributed by atoms with Crippen molar-refractivity contribution in [3.63, 3.8) is 0 Å². The Bertz CT molecular complexity index is 634. The van der Waals surface area contributed by atoms with E-state index in [-0.39, 0.29) is 5.41 Å². The van der Waals surface area contributed by atoms with Crippen LogP contribution >= 0.6 is 15.9 Å². The van der Waals surface area contributed by atoms with Crippen molar-refractivity contribution in [1.82, 2.24) is 4.90 Å². The largest absolute Gasteiger partial charge is 0.379 e. The molecule has 4 rings (SSSR count). The smallest absolute Gasteiger partial charge is 0.147 e. The van der Waals surface area contributed by atoms with Crippen molar-refractivity contribution >= 4 is 21.7 Å². The number of ether oxygens (including phenoxy) is 2. The Kier molecular flexibility index (Phi) is 5.28. The lowest BCUT2D eigenvalue weighted by Crippen LogP contribution is -2.41. The van der Waals surface area contributed by atoms with E-state index in [2.05, 4.69) is 39.0 Å². The van der Waals surface area contributed by atoms with Crippen molar-refractivity contribution in [2.75, 3.05) is 39.5 Å². The zero-order valence-electron chi connectivity index (χ0n) is 14.6. The summed E-state index contributed by atoms with van der Waals surface area (Å²) in [5.41, 5.74) is 2.25. The van der Waals surface area contributed by atoms with E-state index in [1.54, 1.807) is 0 Å². The molecule has 1 aromatic carbocycles. The van der Waals surface area contributed by atoms with Gasteiger partial charge >= 0.3 is 0 Å². The van der Waals surface area contributed by atoms with Crippen LogP contribution in [0.2, 0.25) is 0 Å². The van der Waals surface area contributed by atoms with E-state index in [4.69, 9.17) is 9.47 Å². The van der Waals surface area contributed by atoms with Gasteiger partial charge < -0.3 is 9.47 Å². The van der Waals surface area contributed by atoms with Crippen molar-refractivity contribution in [1.29, 1.82) is 0 Å². The van der Waals surface area contributed by atoms with E-state index in [0.717, 1.165) is 69.6 Å². The number of morpholine rings is 1. The standard InChI is InChI=1S/C20H26BrNO3/c21-16-1-2-18-15(13-16)14-19(23)20(18)5-3-17(4-6-20)25-12-9-22-7-10-24-11-8-22/h1-2,13,17H,3-12,14H2. The molecule has 136 valence electrons. The zero-order valence-corrected chi connectivity index (χ0v) is 16.2. The molecule has 0 bridgehead atoms. The lowest BCUT2D eigenvalue weighted by Gasteiger charge is -2.37. The van der Waals surface area contributed by atoms with Gasteiger partial charge in [0.2, 0.25) is 0 Å². The normalized spacial score (nSPS) is 30.0. The maximum absolute atomic E-state index is 12.8. The molecule has 0 aromatic heterocycles. The van der Waals surface area contributed by atoms with Crippen molar-refractivity contribution in [3.8, 4) is 0 Å². The molecule has 0 amide bonds. The van der Waals surface area contributed by atoms with E-state index < -0.39 is 0 Å². The topological polar surface area (TPSA) is 38.8 Å². The number of hydrogen-bond donors (Lipinski definition) is 0. The highest BCUT2D eigenvalue weighted by atomic mass is 79.9. The molecule has 5 heteroatoms. The molecule has 0 atom stereocenters. The van der Waals surface area contributed by atoms with Crippen molar-refractivity contribution in [3.05, 3.63) is 33.8 Å². The first-order chi connectivity index (χ1) is 12.2. The van der Waals surface area contributed by atoms with Crippen LogP contribution in [0.15, 0.2) is 22.7 Å². The fourth-order valence-electron chi connectivity index (χ4n) is 4.64. The molecular formula is C20H26BrNO3. The molecular weight excluding hydrogens is 382 g/mol. The Hall–Kier alpha value is -0.750. The Morgan fingerprint density at radius 1 is 1.24 bits per heavy atom. The number of fused-ring (bicyclic) bond motifs is 2. The first-order valence-electron chi connectivity index (χ1n) is 9.41. The monoisotopic (exact) mass is 407 g/mol. The zero-order chi connectivity index (χ0) is 17.3. The van der Waals surface area contributed by atoms with Gasteiger partial charge in [-0.15, -0.1) is 0 Å². The van der Waals surface area contributed by atoms with Crippen molar-refractivity contribution in [2.24, 2.45) is 0 Å². The Morgan fingerprint density at radius 2 is 2.00 bits per heavy atom. The summed E-state index contributed by atoms with van der Waals surface area (Å²) >= 11 is 3.52. The predicted molar refractivity (Wildman–Crippen MR) is 100.0 cm³/mol. The van der Waals surface area contributed by atoms with Gasteiger partial charge in [-0.25, -0.2) is 0 Å². The molecule has 1 aromatic rings. The van der Waals surface area contributed by atoms with Gasteiger partial charge in [-0.3, -0.25) is 9.69 Å². The van der Waals surface area contributed by atoms with Crippen LogP contribution < -0.4 is 0 Å². The van der Waals surface area contributed by atoms with Crippen molar-refractivity contribution in [2.45, 2.75) is 43.6 Å². The minimum Gasteiger partial charge on any atom is -0.379 e. The van der Waals surface area contributed by atoms with Gasteiger partial charge in [0.05, 0.1) is 31.3 Å². The summed E-state index contributed by atoms with van der Waals surface area (Å²) in [4.78, 5) is 15.2. The molecule has 0 N–H and O–H groups in total. The summed E-state index contributed by atoms with van der Waals surface area (Å²) in [5, 5.41) is 0. The minimum absolute atomic E-state index is 0.236. The average molecular weight is 408 g/mol. The number of carbonyl (C=O) groups excluding carboxylic acids is 1. The van der Waals surface area contributed by atoms with Gasteiger partial charge in [0.15, 0.2) is 0 Å². The van der Waals surface area contributed by atoms with Gasteiger partial charge in [-0.2, -0.15) is 0 Å². The second kappa shape index (κ2) is 7.47. The molecule has 0 radical (unpaired) electrons. The number of nitrogens with zero attached hydrogens (tertiary/aromatic N) is 1. The Labute approximate surface area is 158 Å². The second-order valence-corrected chi connectivity index (χ2v) is 8.42. The number of carbonyl (C=O) groups is 1. The minimum atomic E-state index is -0.236. The van der Waals surface area contributed by atoms with Crippen molar-refractivity contribution < 1.29 is 14.3 Å². The molecule has 1 spiro atoms. The summed E-state index contributed by atoms with van der Waals surface area (Å²) < 4.78 is 12.6. The molecule has 1 heterocycles. The molecule has 25 heavy (non-hydrogen) atoms. The first kappa shape index (κ1) is 17.7. The highest BCUT2D eigenvalue weighted by molar-refractivity contribution is 9.10. The molecule has 4 nitrogen and oxygen atoms in total. The molecule has 2 aliphatic carbocycles. The molecule has 3 aliphatic rings. The first-order valence-corrected chi connectivity index (χ1v) is 10.2. The predicted octanol–water partition coefficient (Wildman–Crippen LogP) is 3.10. The summed E-state index contributed by atoms with van der Waals surface area (Å²) in [7, 11) is 0. The molecule has 1 saturated heterocycles. The Balaban J connectivity index is 1.32. The highest BCUT2D eigenvalue weighted by Gasteiger charge is 2.48. The van der Waals surface area contributed by atoms with Gasteiger partial charge in [-0.05, 0) is 48.9 Å². The summed E-state index contributed by atoms with van der Waals surface area (Å²) in [6.45, 7) is 5.47. The molecule has 1 saturated carbocycles. The molecule has 0 unspecified atom stereocenters. The lowest BCUT2D eigenvalue weighted by atomic mass is 9.69. The maximum Gasteiger partial charge on any atom is 0.147 e. The van der Waals surface area contributed by atoms with Gasteiger partial charge in [-0.1, -0.05) is 22.0 Å². The van der Waals surface area contributed by atoms with Crippen LogP contribution in [-0.2, 0) is 26.1 Å². The number of hydrogen-bond acceptors (Lipinski definition) is 4. The van der Waals surface area contributed by atoms with E-state index in [1.165, 1.54) is 11.1 Å². The van der Waals surface area contributed by atoms with Crippen LogP contribution in [0, 0.1) is 0 Å². The molecule has 1 aliphatic heterocycles. The average Bonchev–Trinajstić information content (AvgIpc) is 2.88. The fraction of sp³-hybridized carbons (Fsp3) is 0.650. The fourth-order valence-corrected chi connectivity index (χ4v) is 5.05. The number of ketones is 1. The summed E-state index contributed by atoms with van der Waals surface area (Å²) in [5.74, 6) is 0.410. The van der Waals surface area contributed by atoms with Crippen LogP contribution in [0.3, 0.4) is 0 Å². The van der Waals surface area contributed by atoms with Crippen LogP contribution in [0.1, 0.15) is 36.8 Å². The highest BCUT2D eigenvalue weighted by Crippen LogP contribution is 2.47. The Morgan fingerprint density at radius 3 is 2.76 bits per heavy atom. The van der Waals surface area contributed by atoms with Crippen LogP contribution in [0.5, 0.6) is 0 Å². The van der Waals surface area contributed by atoms with Gasteiger partial charge in [0.1, 0.15) is 5.78 Å². The number of rotatable bonds is 4. The third-order valence-corrected chi connectivity index (χ3v) is 6.61. The van der Waals surface area contributed by atoms with E-state index in [0.29, 0.717) is 18.3 Å². The quantitative estimate of drug-likeness (QED) is 0.768. The summed E-state index contributed by atoms with van der Waals surface area (Å²) in [6.07, 6.45) is 4.75. The molecule has 2 fully saturated rings. The summed E-state index contributed by atoms with van der Waals surface area (Å²) in [6, 6.07) is 6.35. The van der Waals surface area contributed by atoms with Crippen LogP contribution in [-0.4, -0.2) is 56.2 Å². The van der Waals surface area contributed by atoms with Gasteiger partial charge in [0, 0.05) is 30.5 Å². The third-order valence-electron chi connectivity index (χ3n) is 6.12. The number of halogens is 1. The lowest BCUT2D eigenvalue weighted by molar-refractivity contribution is -0.125. The van der Waals surface area contributed by atoms with E-state index in [9.17, 15) is 4.79 Å². The number of Topliss-reactive ketones (excluding diaryl/α,β-unsaturated/α-hetero) is 1. The van der Waals surface area contributed by atoms with E-state index >= 15 is 0 Å². The number of benzene rings is 1. The SMILES string of the molecule is O=C1Cc2cc(Br)ccc2C12CCC(OCCN1CCOCC1)CC2. The second-order valence-electron chi connectivity index (χ2n) is 7.51. The van der Waals surface area contributed by atoms with Gasteiger partial charge in [0.25, 0.3) is 0 Å². The maximum atomic E-state index is 12.8.